The maximum absolute atomic E-state index is 12.8. The molecule has 1 N–H and O–H groups in total. The lowest BCUT2D eigenvalue weighted by Crippen LogP contribution is -2.37. The van der Waals surface area contributed by atoms with Crippen LogP contribution in [0.4, 0.5) is 0 Å². The molecule has 0 aromatic rings. The Morgan fingerprint density at radius 1 is 0.464 bits per heavy atom. The number of carbonyl (C=O) groups is 2. The lowest BCUT2D eigenvalue weighted by Gasteiger charge is -2.24. The fourth-order valence-electron chi connectivity index (χ4n) is 6.59. The van der Waals surface area contributed by atoms with Crippen LogP contribution in [0.2, 0.25) is 0 Å². The van der Waals surface area contributed by atoms with Gasteiger partial charge in [0.05, 0.1) is 27.7 Å². The largest absolute Gasteiger partial charge is 0.472 e. The number of esters is 2. The van der Waals surface area contributed by atoms with Crippen molar-refractivity contribution >= 4 is 19.8 Å². The predicted octanol–water partition coefficient (Wildman–Crippen LogP) is 16.4. The Morgan fingerprint density at radius 2 is 0.826 bits per heavy atom. The summed E-state index contributed by atoms with van der Waals surface area (Å²) in [6, 6.07) is 0. The molecule has 0 rings (SSSR count). The molecule has 0 spiro atoms. The van der Waals surface area contributed by atoms with Crippen molar-refractivity contribution in [2.24, 2.45) is 0 Å². The number of likely N-dealkylation sites (N-methyl/N-ethyl adjacent to an activating group) is 1. The van der Waals surface area contributed by atoms with Gasteiger partial charge in [-0.25, -0.2) is 4.57 Å². The van der Waals surface area contributed by atoms with E-state index in [0.717, 1.165) is 116 Å². The number of hydrogen-bond donors (Lipinski definition) is 1. The number of phosphoric ester groups is 1. The van der Waals surface area contributed by atoms with E-state index < -0.39 is 32.5 Å². The van der Waals surface area contributed by atoms with Crippen molar-refractivity contribution in [1.82, 2.24) is 0 Å². The van der Waals surface area contributed by atoms with Gasteiger partial charge < -0.3 is 18.9 Å². The number of ether oxygens (including phenoxy) is 2. The van der Waals surface area contributed by atoms with E-state index in [9.17, 15) is 19.0 Å². The quantitative estimate of drug-likeness (QED) is 0.0211. The fourth-order valence-corrected chi connectivity index (χ4v) is 7.33. The van der Waals surface area contributed by atoms with Crippen LogP contribution in [0.1, 0.15) is 187 Å². The molecular weight excluding hydrogens is 882 g/mol. The van der Waals surface area contributed by atoms with Crippen LogP contribution in [-0.4, -0.2) is 74.9 Å². The van der Waals surface area contributed by atoms with Crippen molar-refractivity contribution < 1.29 is 42.1 Å². The summed E-state index contributed by atoms with van der Waals surface area (Å²) in [5.74, 6) is -0.857. The van der Waals surface area contributed by atoms with Gasteiger partial charge in [-0.3, -0.25) is 18.6 Å². The first-order valence-electron chi connectivity index (χ1n) is 26.8. The number of phosphoric acid groups is 1. The molecule has 0 saturated heterocycles. The molecule has 0 aromatic carbocycles. The van der Waals surface area contributed by atoms with Gasteiger partial charge in [0.2, 0.25) is 0 Å². The van der Waals surface area contributed by atoms with Crippen molar-refractivity contribution in [1.29, 1.82) is 0 Å². The highest BCUT2D eigenvalue weighted by Crippen LogP contribution is 2.43. The first kappa shape index (κ1) is 65.4. The number of rotatable bonds is 47. The standard InChI is InChI=1S/C59H98NO8P/c1-6-8-10-12-14-16-18-20-22-23-24-25-26-27-28-29-30-31-32-33-34-35-36-37-38-40-42-44-46-48-50-52-59(62)68-57(56-67-69(63,64)66-54-53-60(3,4)5)55-65-58(61)51-49-47-45-43-41-39-21-19-17-15-13-11-9-7-2/h8,10,14,16,19-22,24-25,27-28,30-31,33-34,36-37,40,42,57H,6-7,9,11-13,15,17-18,23,26,29,32,35,38-39,41,43-56H2,1-5H3/p+1/b10-8-,16-14-,21-19-,22-20-,25-24-,28-27-,31-30-,34-33-,37-36-,42-40-. The third-order valence-corrected chi connectivity index (χ3v) is 11.7. The molecule has 2 atom stereocenters. The molecule has 0 aliphatic heterocycles. The van der Waals surface area contributed by atoms with Gasteiger partial charge in [-0.1, -0.05) is 187 Å². The van der Waals surface area contributed by atoms with E-state index in [0.29, 0.717) is 17.4 Å². The van der Waals surface area contributed by atoms with E-state index in [1.54, 1.807) is 0 Å². The second kappa shape index (κ2) is 49.4. The van der Waals surface area contributed by atoms with Crippen LogP contribution in [0.15, 0.2) is 122 Å². The minimum Gasteiger partial charge on any atom is -0.462 e. The van der Waals surface area contributed by atoms with E-state index in [2.05, 4.69) is 135 Å². The normalized spacial score (nSPS) is 14.3. The Kier molecular flexibility index (Phi) is 46.8. The Hall–Kier alpha value is -3.59. The predicted molar refractivity (Wildman–Crippen MR) is 293 cm³/mol. The summed E-state index contributed by atoms with van der Waals surface area (Å²) in [5.41, 5.74) is 0. The van der Waals surface area contributed by atoms with Gasteiger partial charge in [0, 0.05) is 12.8 Å². The van der Waals surface area contributed by atoms with Gasteiger partial charge in [0.15, 0.2) is 6.10 Å². The summed E-state index contributed by atoms with van der Waals surface area (Å²) < 4.78 is 34.4. The summed E-state index contributed by atoms with van der Waals surface area (Å²) >= 11 is 0. The van der Waals surface area contributed by atoms with Crippen molar-refractivity contribution in [2.45, 2.75) is 193 Å². The van der Waals surface area contributed by atoms with E-state index >= 15 is 0 Å². The molecule has 0 bridgehead atoms. The van der Waals surface area contributed by atoms with Gasteiger partial charge >= 0.3 is 19.8 Å². The summed E-state index contributed by atoms with van der Waals surface area (Å²) in [7, 11) is 1.43. The number of allylic oxidation sites excluding steroid dienone is 20. The molecule has 0 fully saturated rings. The molecule has 10 heteroatoms. The third-order valence-electron chi connectivity index (χ3n) is 10.7. The molecule has 2 unspecified atom stereocenters. The van der Waals surface area contributed by atoms with Crippen LogP contribution >= 0.6 is 7.82 Å². The molecule has 0 aliphatic carbocycles. The second-order valence-electron chi connectivity index (χ2n) is 18.5. The van der Waals surface area contributed by atoms with Crippen LogP contribution in [-0.2, 0) is 32.7 Å². The summed E-state index contributed by atoms with van der Waals surface area (Å²) in [6.07, 6.45) is 69.7. The van der Waals surface area contributed by atoms with E-state index in [1.165, 1.54) is 38.5 Å². The van der Waals surface area contributed by atoms with Crippen LogP contribution < -0.4 is 0 Å². The Labute approximate surface area is 422 Å². The Bertz CT molecular complexity index is 1580. The van der Waals surface area contributed by atoms with Crippen molar-refractivity contribution in [3.8, 4) is 0 Å². The first-order valence-corrected chi connectivity index (χ1v) is 28.3. The fraction of sp³-hybridized carbons (Fsp3) is 0.627. The molecule has 0 aromatic heterocycles. The van der Waals surface area contributed by atoms with Gasteiger partial charge in [-0.2, -0.15) is 0 Å². The van der Waals surface area contributed by atoms with Crippen LogP contribution in [0.25, 0.3) is 0 Å². The van der Waals surface area contributed by atoms with Gasteiger partial charge in [-0.05, 0) is 109 Å². The molecule has 0 heterocycles. The number of hydrogen-bond acceptors (Lipinski definition) is 7. The van der Waals surface area contributed by atoms with E-state index in [4.69, 9.17) is 18.5 Å². The summed E-state index contributed by atoms with van der Waals surface area (Å²) in [5, 5.41) is 0. The smallest absolute Gasteiger partial charge is 0.462 e. The molecule has 69 heavy (non-hydrogen) atoms. The maximum Gasteiger partial charge on any atom is 0.472 e. The van der Waals surface area contributed by atoms with Gasteiger partial charge in [0.1, 0.15) is 19.8 Å². The van der Waals surface area contributed by atoms with Gasteiger partial charge in [0.25, 0.3) is 0 Å². The van der Waals surface area contributed by atoms with Crippen molar-refractivity contribution in [3.63, 3.8) is 0 Å². The third kappa shape index (κ3) is 53.6. The molecule has 392 valence electrons. The zero-order valence-electron chi connectivity index (χ0n) is 44.2. The second-order valence-corrected chi connectivity index (χ2v) is 20.0. The van der Waals surface area contributed by atoms with E-state index in [1.807, 2.05) is 21.1 Å². The van der Waals surface area contributed by atoms with Crippen LogP contribution in [0, 0.1) is 0 Å². The van der Waals surface area contributed by atoms with Gasteiger partial charge in [-0.15, -0.1) is 0 Å². The SMILES string of the molecule is CC/C=C\C/C=C\C/C=C\C/C=C\C/C=C\C/C=C\C/C=C\C/C=C\C/C=C\CCCCCC(=O)OC(COC(=O)CCCCCCC/C=C\CCCCCCC)COP(=O)(O)OCC[N+](C)(C)C. The topological polar surface area (TPSA) is 108 Å². The zero-order valence-corrected chi connectivity index (χ0v) is 45.1. The highest BCUT2D eigenvalue weighted by molar-refractivity contribution is 7.47. The molecular formula is C59H99NO8P+. The van der Waals surface area contributed by atoms with Crippen molar-refractivity contribution in [2.75, 3.05) is 47.5 Å². The van der Waals surface area contributed by atoms with Crippen LogP contribution in [0.5, 0.6) is 0 Å². The Morgan fingerprint density at radius 3 is 1.26 bits per heavy atom. The number of unbranched alkanes of at least 4 members (excludes halogenated alkanes) is 13. The average Bonchev–Trinajstić information content (AvgIpc) is 3.31. The lowest BCUT2D eigenvalue weighted by atomic mass is 10.1. The van der Waals surface area contributed by atoms with Crippen LogP contribution in [0.3, 0.4) is 0 Å². The average molecular weight is 981 g/mol. The molecule has 0 aliphatic rings. The first-order chi connectivity index (χ1) is 33.5. The number of quaternary nitrogens is 1. The Balaban J connectivity index is 4.32. The molecule has 9 nitrogen and oxygen atoms in total. The number of carbonyl (C=O) groups excluding carboxylic acids is 2. The number of nitrogens with zero attached hydrogens (tertiary/aromatic N) is 1. The minimum absolute atomic E-state index is 0.0168. The van der Waals surface area contributed by atoms with E-state index in [-0.39, 0.29) is 26.1 Å². The van der Waals surface area contributed by atoms with Crippen molar-refractivity contribution in [3.05, 3.63) is 122 Å². The highest BCUT2D eigenvalue weighted by Gasteiger charge is 2.27. The maximum atomic E-state index is 12.8. The summed E-state index contributed by atoms with van der Waals surface area (Å²) in [4.78, 5) is 35.5. The highest BCUT2D eigenvalue weighted by atomic mass is 31.2. The monoisotopic (exact) mass is 981 g/mol. The molecule has 0 amide bonds. The summed E-state index contributed by atoms with van der Waals surface area (Å²) in [6.45, 7) is 4.23. The minimum atomic E-state index is -4.40. The zero-order chi connectivity index (χ0) is 50.6. The molecule has 0 radical (unpaired) electrons. The lowest BCUT2D eigenvalue weighted by molar-refractivity contribution is -0.870. The molecule has 0 saturated carbocycles.